The lowest BCUT2D eigenvalue weighted by Crippen LogP contribution is -2.51. The largest absolute Gasteiger partial charge is 0.491 e. The zero-order valence-corrected chi connectivity index (χ0v) is 30.9. The van der Waals surface area contributed by atoms with Gasteiger partial charge in [0.05, 0.1) is 18.2 Å². The maximum atomic E-state index is 15.1. The first kappa shape index (κ1) is 34.3. The number of aliphatic imine (C=N–C) groups is 1. The molecule has 1 aliphatic heterocycles. The fraction of sp³-hybridized carbons (Fsp3) is 0.674. The first-order valence-electron chi connectivity index (χ1n) is 20.1. The second-order valence-electron chi connectivity index (χ2n) is 16.1. The van der Waals surface area contributed by atoms with Crippen molar-refractivity contribution in [3.8, 4) is 5.75 Å². The number of hydrogen-bond acceptors (Lipinski definition) is 3. The lowest BCUT2D eigenvalue weighted by molar-refractivity contribution is 0.0701. The molecule has 0 unspecified atom stereocenters. The number of rotatable bonds is 9. The highest BCUT2D eigenvalue weighted by Gasteiger charge is 2.48. The van der Waals surface area contributed by atoms with E-state index in [0.29, 0.717) is 11.8 Å². The molecule has 0 radical (unpaired) electrons. The minimum absolute atomic E-state index is 0.107. The molecule has 4 nitrogen and oxygen atoms in total. The molecule has 5 heteroatoms. The maximum absolute atomic E-state index is 15.1. The molecule has 48 heavy (non-hydrogen) atoms. The minimum atomic E-state index is -0.327. The Kier molecular flexibility index (Phi) is 11.6. The summed E-state index contributed by atoms with van der Waals surface area (Å²) in [6, 6.07) is 17.8. The van der Waals surface area contributed by atoms with Crippen LogP contribution in [-0.2, 0) is 0 Å². The predicted molar refractivity (Wildman–Crippen MR) is 202 cm³/mol. The molecule has 0 spiro atoms. The Bertz CT molecular complexity index is 1350. The molecular formula is C43H61N2O2P. The van der Waals surface area contributed by atoms with Crippen LogP contribution in [0.1, 0.15) is 158 Å². The molecule has 2 aromatic carbocycles. The molecule has 2 aromatic rings. The van der Waals surface area contributed by atoms with E-state index in [1.165, 1.54) is 134 Å². The van der Waals surface area contributed by atoms with Crippen molar-refractivity contribution in [3.63, 3.8) is 0 Å². The van der Waals surface area contributed by atoms with Crippen LogP contribution >= 0.6 is 7.92 Å². The number of ether oxygens (including phenoxy) is 1. The maximum Gasteiger partial charge on any atom is 0.259 e. The number of nitrogens with zero attached hydrogens (tertiary/aromatic N) is 2. The van der Waals surface area contributed by atoms with E-state index < -0.39 is 0 Å². The lowest BCUT2D eigenvalue weighted by atomic mass is 9.74. The van der Waals surface area contributed by atoms with Crippen LogP contribution in [0.25, 0.3) is 0 Å². The molecule has 7 rings (SSSR count). The topological polar surface area (TPSA) is 41.9 Å². The molecule has 0 N–H and O–H groups in total. The summed E-state index contributed by atoms with van der Waals surface area (Å²) in [5.74, 6) is 3.09. The van der Waals surface area contributed by atoms with Gasteiger partial charge in [0.15, 0.2) is 0 Å². The SMILES string of the molecule is CC(C)Oc1ccc(C(=O)N2C(c3ccccc3P(C3CCCCC3)C3CCCCC3)=N[C@H](C3CCCCC3)[C@H]2C2CCCCC2)cc1. The number of hydrogen-bond donors (Lipinski definition) is 0. The Morgan fingerprint density at radius 2 is 1.21 bits per heavy atom. The number of benzene rings is 2. The summed E-state index contributed by atoms with van der Waals surface area (Å²) in [5, 5.41) is 1.57. The van der Waals surface area contributed by atoms with Crippen LogP contribution in [0.15, 0.2) is 53.5 Å². The lowest BCUT2D eigenvalue weighted by Gasteiger charge is -2.41. The van der Waals surface area contributed by atoms with Gasteiger partial charge < -0.3 is 4.74 Å². The molecule has 0 aromatic heterocycles. The van der Waals surface area contributed by atoms with Gasteiger partial charge in [-0.25, -0.2) is 0 Å². The number of amides is 1. The normalized spacial score (nSPS) is 25.5. The summed E-state index contributed by atoms with van der Waals surface area (Å²) in [6.07, 6.45) is 26.8. The average molecular weight is 669 g/mol. The summed E-state index contributed by atoms with van der Waals surface area (Å²) >= 11 is 0. The molecule has 260 valence electrons. The van der Waals surface area contributed by atoms with Gasteiger partial charge in [-0.05, 0) is 118 Å². The fourth-order valence-corrected chi connectivity index (χ4v) is 14.2. The van der Waals surface area contributed by atoms with Crippen LogP contribution in [0.5, 0.6) is 5.75 Å². The number of carbonyl (C=O) groups is 1. The van der Waals surface area contributed by atoms with Crippen LogP contribution in [0.3, 0.4) is 0 Å². The van der Waals surface area contributed by atoms with Gasteiger partial charge in [0.25, 0.3) is 5.91 Å². The Balaban J connectivity index is 1.33. The van der Waals surface area contributed by atoms with E-state index in [2.05, 4.69) is 43.0 Å². The Morgan fingerprint density at radius 3 is 1.77 bits per heavy atom. The summed E-state index contributed by atoms with van der Waals surface area (Å²) in [6.45, 7) is 4.11. The zero-order chi connectivity index (χ0) is 32.9. The molecule has 5 aliphatic rings. The molecule has 4 aliphatic carbocycles. The van der Waals surface area contributed by atoms with Crippen molar-refractivity contribution in [3.05, 3.63) is 59.7 Å². The molecule has 4 saturated carbocycles. The molecule has 0 bridgehead atoms. The van der Waals surface area contributed by atoms with Gasteiger partial charge in [0.2, 0.25) is 0 Å². The van der Waals surface area contributed by atoms with Gasteiger partial charge in [0.1, 0.15) is 11.6 Å². The quantitative estimate of drug-likeness (QED) is 0.250. The second-order valence-corrected chi connectivity index (χ2v) is 18.9. The van der Waals surface area contributed by atoms with Crippen LogP contribution < -0.4 is 10.0 Å². The fourth-order valence-electron chi connectivity index (χ4n) is 10.2. The summed E-state index contributed by atoms with van der Waals surface area (Å²) in [5.41, 5.74) is 3.68. The van der Waals surface area contributed by atoms with Crippen molar-refractivity contribution in [2.45, 2.75) is 172 Å². The molecule has 4 fully saturated rings. The van der Waals surface area contributed by atoms with Gasteiger partial charge >= 0.3 is 0 Å². The van der Waals surface area contributed by atoms with E-state index in [4.69, 9.17) is 9.73 Å². The third kappa shape index (κ3) is 7.60. The van der Waals surface area contributed by atoms with Crippen LogP contribution in [0.4, 0.5) is 0 Å². The van der Waals surface area contributed by atoms with E-state index in [1.54, 1.807) is 5.30 Å². The van der Waals surface area contributed by atoms with Crippen molar-refractivity contribution in [2.24, 2.45) is 16.8 Å². The first-order valence-corrected chi connectivity index (χ1v) is 21.6. The van der Waals surface area contributed by atoms with Gasteiger partial charge in [-0.15, -0.1) is 0 Å². The minimum Gasteiger partial charge on any atom is -0.491 e. The van der Waals surface area contributed by atoms with Crippen LogP contribution in [0.2, 0.25) is 0 Å². The predicted octanol–water partition coefficient (Wildman–Crippen LogP) is 11.0. The summed E-state index contributed by atoms with van der Waals surface area (Å²) in [4.78, 5) is 23.3. The zero-order valence-electron chi connectivity index (χ0n) is 30.0. The Morgan fingerprint density at radius 1 is 0.688 bits per heavy atom. The molecular weight excluding hydrogens is 607 g/mol. The second kappa shape index (κ2) is 16.2. The third-order valence-corrected chi connectivity index (χ3v) is 16.0. The first-order chi connectivity index (χ1) is 23.6. The standard InChI is InChI=1S/C43H61N2O2P/c1-31(2)47-35-29-27-34(28-30-35)43(46)45-41(33-19-9-4-10-20-33)40(32-17-7-3-8-18-32)44-42(45)38-25-15-16-26-39(38)48(36-21-11-5-12-22-36)37-23-13-6-14-24-37/h15-16,25-33,36-37,40-41H,3-14,17-24H2,1-2H3/t40-,41-/m1/s1. The van der Waals surface area contributed by atoms with E-state index in [9.17, 15) is 0 Å². The van der Waals surface area contributed by atoms with E-state index in [-0.39, 0.29) is 32.0 Å². The van der Waals surface area contributed by atoms with E-state index >= 15 is 4.79 Å². The average Bonchev–Trinajstić information content (AvgIpc) is 3.54. The van der Waals surface area contributed by atoms with Crippen molar-refractivity contribution in [1.82, 2.24) is 4.90 Å². The highest BCUT2D eigenvalue weighted by Crippen LogP contribution is 2.56. The molecule has 2 atom stereocenters. The smallest absolute Gasteiger partial charge is 0.259 e. The molecule has 1 amide bonds. The van der Waals surface area contributed by atoms with Gasteiger partial charge in [-0.1, -0.05) is 109 Å². The molecule has 0 saturated heterocycles. The van der Waals surface area contributed by atoms with Gasteiger partial charge in [-0.3, -0.25) is 14.7 Å². The summed E-state index contributed by atoms with van der Waals surface area (Å²) in [7, 11) is -0.327. The van der Waals surface area contributed by atoms with Crippen molar-refractivity contribution < 1.29 is 9.53 Å². The van der Waals surface area contributed by atoms with Crippen LogP contribution in [-0.4, -0.2) is 46.1 Å². The monoisotopic (exact) mass is 668 g/mol. The Hall–Kier alpha value is -2.19. The number of amidine groups is 1. The number of carbonyl (C=O) groups excluding carboxylic acids is 1. The van der Waals surface area contributed by atoms with Gasteiger partial charge in [0, 0.05) is 11.1 Å². The highest BCUT2D eigenvalue weighted by molar-refractivity contribution is 7.67. The van der Waals surface area contributed by atoms with Gasteiger partial charge in [-0.2, -0.15) is 0 Å². The highest BCUT2D eigenvalue weighted by atomic mass is 31.1. The van der Waals surface area contributed by atoms with E-state index in [1.807, 2.05) is 24.3 Å². The van der Waals surface area contributed by atoms with Crippen molar-refractivity contribution in [1.29, 1.82) is 0 Å². The van der Waals surface area contributed by atoms with E-state index in [0.717, 1.165) is 28.5 Å². The Labute approximate surface area is 292 Å². The van der Waals surface area contributed by atoms with Crippen molar-refractivity contribution in [2.75, 3.05) is 0 Å². The third-order valence-electron chi connectivity index (χ3n) is 12.5. The summed E-state index contributed by atoms with van der Waals surface area (Å²) < 4.78 is 5.99. The van der Waals surface area contributed by atoms with Crippen molar-refractivity contribution >= 4 is 25.0 Å². The van der Waals surface area contributed by atoms with Crippen LogP contribution in [0, 0.1) is 11.8 Å². The molecule has 1 heterocycles.